The first-order valence-electron chi connectivity index (χ1n) is 12.3. The van der Waals surface area contributed by atoms with Crippen molar-refractivity contribution in [1.29, 1.82) is 0 Å². The first-order chi connectivity index (χ1) is 14.6. The quantitative estimate of drug-likeness (QED) is 0.323. The van der Waals surface area contributed by atoms with Crippen molar-refractivity contribution in [2.45, 2.75) is 76.7 Å². The minimum absolute atomic E-state index is 0.309. The third kappa shape index (κ3) is 6.73. The normalized spacial score (nSPS) is 29.7. The van der Waals surface area contributed by atoms with E-state index in [2.05, 4.69) is 114 Å². The molecule has 0 saturated heterocycles. The summed E-state index contributed by atoms with van der Waals surface area (Å²) in [4.78, 5) is 0. The van der Waals surface area contributed by atoms with Crippen molar-refractivity contribution in [2.24, 2.45) is 34.0 Å². The molecule has 0 amide bonds. The minimum atomic E-state index is -0.633. The molecule has 0 heterocycles. The summed E-state index contributed by atoms with van der Waals surface area (Å²) in [6, 6.07) is 0. The SMILES string of the molecule is CC1(C)C=CC=CC1C[CH2][Cr]([CH2]CC1C=CC=CC1(C)C)[CH2]CC1C=CC=CC1(C)C. The van der Waals surface area contributed by atoms with Gasteiger partial charge >= 0.3 is 198 Å². The second-order valence-electron chi connectivity index (χ2n) is 11.6. The van der Waals surface area contributed by atoms with Crippen molar-refractivity contribution in [1.82, 2.24) is 0 Å². The third-order valence-corrected chi connectivity index (χ3v) is 11.8. The molecule has 3 unspecified atom stereocenters. The van der Waals surface area contributed by atoms with E-state index < -0.39 is 14.1 Å². The summed E-state index contributed by atoms with van der Waals surface area (Å²) in [6.45, 7) is 14.5. The average molecular weight is 458 g/mol. The van der Waals surface area contributed by atoms with Crippen LogP contribution in [0.1, 0.15) is 60.8 Å². The van der Waals surface area contributed by atoms with E-state index in [-0.39, 0.29) is 0 Å². The monoisotopic (exact) mass is 457 g/mol. The summed E-state index contributed by atoms with van der Waals surface area (Å²) in [5.41, 5.74) is 0.926. The molecule has 3 rings (SSSR count). The molecule has 0 fully saturated rings. The van der Waals surface area contributed by atoms with Crippen LogP contribution in [0.25, 0.3) is 0 Å². The Bertz CT molecular complexity index is 664. The fraction of sp³-hybridized carbons (Fsp3) is 0.600. The van der Waals surface area contributed by atoms with Crippen LogP contribution in [0.5, 0.6) is 0 Å². The van der Waals surface area contributed by atoms with Gasteiger partial charge in [0.05, 0.1) is 0 Å². The molecule has 0 aromatic carbocycles. The summed E-state index contributed by atoms with van der Waals surface area (Å²) in [5, 5.41) is 4.43. The van der Waals surface area contributed by atoms with Crippen LogP contribution in [0.4, 0.5) is 0 Å². The van der Waals surface area contributed by atoms with Gasteiger partial charge in [-0.05, 0) is 0 Å². The van der Waals surface area contributed by atoms with E-state index in [1.807, 2.05) is 0 Å². The zero-order valence-electron chi connectivity index (χ0n) is 20.8. The zero-order valence-corrected chi connectivity index (χ0v) is 22.1. The maximum atomic E-state index is 2.47. The molecule has 3 aliphatic rings. The van der Waals surface area contributed by atoms with Crippen molar-refractivity contribution in [3.05, 3.63) is 72.9 Å². The predicted octanol–water partition coefficient (Wildman–Crippen LogP) is 9.33. The topological polar surface area (TPSA) is 0 Å². The van der Waals surface area contributed by atoms with Gasteiger partial charge in [-0.2, -0.15) is 0 Å². The molecule has 171 valence electrons. The van der Waals surface area contributed by atoms with Crippen molar-refractivity contribution in [3.63, 3.8) is 0 Å². The first-order valence-corrected chi connectivity index (χ1v) is 15.0. The first kappa shape index (κ1) is 24.6. The van der Waals surface area contributed by atoms with Crippen LogP contribution >= 0.6 is 0 Å². The molecule has 0 radical (unpaired) electrons. The van der Waals surface area contributed by atoms with Crippen LogP contribution in [0.3, 0.4) is 0 Å². The number of rotatable bonds is 9. The van der Waals surface area contributed by atoms with Gasteiger partial charge in [0, 0.05) is 0 Å². The molecule has 0 aliphatic heterocycles. The predicted molar refractivity (Wildman–Crippen MR) is 135 cm³/mol. The summed E-state index contributed by atoms with van der Waals surface area (Å²) in [5.74, 6) is 2.10. The van der Waals surface area contributed by atoms with E-state index in [4.69, 9.17) is 0 Å². The van der Waals surface area contributed by atoms with Gasteiger partial charge in [-0.25, -0.2) is 0 Å². The second-order valence-corrected chi connectivity index (χ2v) is 15.4. The van der Waals surface area contributed by atoms with Crippen molar-refractivity contribution < 1.29 is 14.1 Å². The summed E-state index contributed by atoms with van der Waals surface area (Å²) in [6.07, 6.45) is 32.3. The zero-order chi connectivity index (χ0) is 22.5. The molecule has 0 aromatic rings. The Kier molecular flexibility index (Phi) is 8.16. The van der Waals surface area contributed by atoms with E-state index >= 15 is 0 Å². The maximum absolute atomic E-state index is 2.47. The Morgan fingerprint density at radius 1 is 0.484 bits per heavy atom. The van der Waals surface area contributed by atoms with Crippen LogP contribution in [-0.4, -0.2) is 0 Å². The Hall–Kier alpha value is -1.03. The molecule has 0 nitrogen and oxygen atoms in total. The summed E-state index contributed by atoms with van der Waals surface area (Å²) >= 11 is -0.633. The van der Waals surface area contributed by atoms with Crippen molar-refractivity contribution in [2.75, 3.05) is 0 Å². The molecule has 0 saturated carbocycles. The molecule has 0 bridgehead atoms. The van der Waals surface area contributed by atoms with E-state index in [1.165, 1.54) is 35.1 Å². The fourth-order valence-electron chi connectivity index (χ4n) is 5.21. The van der Waals surface area contributed by atoms with E-state index in [9.17, 15) is 0 Å². The molecule has 0 spiro atoms. The number of hydrogen-bond donors (Lipinski definition) is 0. The van der Waals surface area contributed by atoms with Gasteiger partial charge in [-0.15, -0.1) is 0 Å². The molecule has 0 aromatic heterocycles. The Labute approximate surface area is 197 Å². The summed E-state index contributed by atoms with van der Waals surface area (Å²) in [7, 11) is 0. The molecule has 0 N–H and O–H groups in total. The van der Waals surface area contributed by atoms with Crippen LogP contribution in [0.15, 0.2) is 72.9 Å². The van der Waals surface area contributed by atoms with Gasteiger partial charge in [0.1, 0.15) is 0 Å². The van der Waals surface area contributed by atoms with Crippen LogP contribution in [0.2, 0.25) is 15.8 Å². The van der Waals surface area contributed by atoms with Gasteiger partial charge in [-0.1, -0.05) is 0 Å². The van der Waals surface area contributed by atoms with Gasteiger partial charge in [-0.3, -0.25) is 0 Å². The second kappa shape index (κ2) is 10.3. The van der Waals surface area contributed by atoms with Gasteiger partial charge in [0.25, 0.3) is 0 Å². The molecule has 3 aliphatic carbocycles. The fourth-order valence-corrected chi connectivity index (χ4v) is 8.92. The van der Waals surface area contributed by atoms with Gasteiger partial charge in [0.15, 0.2) is 0 Å². The van der Waals surface area contributed by atoms with Crippen LogP contribution in [0, 0.1) is 34.0 Å². The van der Waals surface area contributed by atoms with Gasteiger partial charge < -0.3 is 0 Å². The molecule has 31 heavy (non-hydrogen) atoms. The van der Waals surface area contributed by atoms with E-state index in [0.29, 0.717) is 34.0 Å². The van der Waals surface area contributed by atoms with Gasteiger partial charge in [0.2, 0.25) is 0 Å². The van der Waals surface area contributed by atoms with Crippen LogP contribution in [-0.2, 0) is 14.1 Å². The average Bonchev–Trinajstić information content (AvgIpc) is 2.69. The Balaban J connectivity index is 1.61. The molecular weight excluding hydrogens is 412 g/mol. The number of allylic oxidation sites excluding steroid dienone is 12. The Morgan fingerprint density at radius 2 is 0.774 bits per heavy atom. The van der Waals surface area contributed by atoms with Crippen LogP contribution < -0.4 is 0 Å². The van der Waals surface area contributed by atoms with Crippen molar-refractivity contribution in [3.8, 4) is 0 Å². The van der Waals surface area contributed by atoms with Crippen molar-refractivity contribution >= 4 is 0 Å². The standard InChI is InChI=1S/3C10H15.Cr/c3*1-4-9-7-5-6-8-10(9,2)3;/h3*5-9H,1,4H2,2-3H3;. The van der Waals surface area contributed by atoms with E-state index in [1.54, 1.807) is 0 Å². The Morgan fingerprint density at radius 3 is 1.03 bits per heavy atom. The number of hydrogen-bond acceptors (Lipinski definition) is 0. The molecule has 3 atom stereocenters. The molecular formula is C30H45Cr. The van der Waals surface area contributed by atoms with E-state index in [0.717, 1.165) is 0 Å². The summed E-state index contributed by atoms with van der Waals surface area (Å²) < 4.78 is 0. The third-order valence-electron chi connectivity index (χ3n) is 7.96. The molecule has 1 heteroatoms.